The molecule has 0 aromatic heterocycles. The first kappa shape index (κ1) is 170. The molecule has 822 valence electrons. The van der Waals surface area contributed by atoms with Crippen LogP contribution in [0.1, 0.15) is 203 Å². The molecule has 3 heterocycles. The average Bonchev–Trinajstić information content (AvgIpc) is 1.50. The first-order valence-corrected chi connectivity index (χ1v) is 72.0. The van der Waals surface area contributed by atoms with Gasteiger partial charge in [0.25, 0.3) is 0 Å². The Balaban J connectivity index is -0.000000123. The van der Waals surface area contributed by atoms with E-state index in [1.807, 2.05) is 38.1 Å². The Kier molecular flexibility index (Phi) is 87.5. The van der Waals surface area contributed by atoms with Crippen LogP contribution in [-0.2, 0) is 170 Å². The van der Waals surface area contributed by atoms with Gasteiger partial charge in [-0.05, 0) is 216 Å². The van der Waals surface area contributed by atoms with E-state index in [0.717, 1.165) is 67.0 Å². The molecule has 5 aliphatic carbocycles. The molecular formula is C108H178Fe4N2O21S2Si8. The standard InChI is InChI=1S/C32H53NO3SSi2.C25H46O2Si2.C20H29NO3SSi2.C15H26OSi2.12CHO.4CH3.4Fe/c1-20(2)38(21(3)4,22(5)6)31-28-18-33(37(35,36)27-16-14-26(13)15-17-27)19-29(28)32(30(31)34)39(23(7)8,24(9)10)25(11)12;1-15(2)28(16(3)4,17(5)6)24-21-13-27-14-22(21)25(23(24)26)29(18(7)8,19(9)10)20(11)12;1-14-8-10-15(11-9-14)25(23,24)21-12-16-17(13-21)20(27(5,6)7)18(22)19(16)26(2,3)4;1-17(2,3)14-11-9-7-8-10-12(11)15(13(14)16)18(4,5)6;12*1-2;;;;;;;;/h14-17,20-25H,18-19H2,1-13H3;15-20H,13-14H2,1-12H3;8-11H,12-13H2,1-7H3;7-10H2,1-6H3;12*1H;4*1H3;;;;/q;;;;16*-1;4*+4. The molecule has 2 aromatic rings. The number of ether oxygens (including phenoxy) is 1. The number of aryl methyl sites for hydroxylation is 2. The molecule has 8 aliphatic rings. The molecule has 0 bridgehead atoms. The predicted octanol–water partition coefficient (Wildman–Crippen LogP) is 23.2. The maximum Gasteiger partial charge on any atom is 4.00 e. The normalized spacial score (nSPS) is 15.2. The van der Waals surface area contributed by atoms with Crippen molar-refractivity contribution < 1.29 is 167 Å². The smallest absolute Gasteiger partial charge is 0.545 e. The van der Waals surface area contributed by atoms with Crippen molar-refractivity contribution in [2.75, 3.05) is 39.4 Å². The first-order valence-electron chi connectivity index (χ1n) is 46.2. The molecular weight excluding hydrogens is 2170 g/mol. The van der Waals surface area contributed by atoms with Crippen LogP contribution in [0.15, 0.2) is 144 Å². The van der Waals surface area contributed by atoms with Gasteiger partial charge < -0.3 is 92.0 Å². The number of nitrogens with zero attached hydrogens (tertiary/aromatic N) is 2. The van der Waals surface area contributed by atoms with E-state index < -0.39 is 84.6 Å². The zero-order valence-corrected chi connectivity index (χ0v) is 109. The van der Waals surface area contributed by atoms with E-state index in [1.54, 1.807) is 32.9 Å². The van der Waals surface area contributed by atoms with Crippen LogP contribution < -0.4 is 0 Å². The molecule has 0 atom stereocenters. The van der Waals surface area contributed by atoms with Gasteiger partial charge in [-0.1, -0.05) is 280 Å². The Morgan fingerprint density at radius 2 is 0.379 bits per heavy atom. The molecule has 0 unspecified atom stereocenters. The minimum atomic E-state index is -3.69. The maximum atomic E-state index is 15.1. The number of fused-ring (bicyclic) bond motifs is 4. The largest absolute Gasteiger partial charge is 4.00 e. The molecule has 10 rings (SSSR count). The van der Waals surface area contributed by atoms with E-state index in [-0.39, 0.29) is 104 Å². The van der Waals surface area contributed by atoms with E-state index in [9.17, 15) is 31.2 Å². The third-order valence-electron chi connectivity index (χ3n) is 28.1. The molecule has 145 heavy (non-hydrogen) atoms. The van der Waals surface area contributed by atoms with Crippen molar-refractivity contribution in [3.8, 4) is 0 Å². The van der Waals surface area contributed by atoms with E-state index in [4.69, 9.17) is 62.3 Å². The van der Waals surface area contributed by atoms with Gasteiger partial charge >= 0.3 is 68.3 Å². The number of benzene rings is 2. The van der Waals surface area contributed by atoms with Crippen molar-refractivity contribution in [2.45, 2.75) is 361 Å². The van der Waals surface area contributed by atoms with E-state index in [1.165, 1.54) is 55.9 Å². The number of ketones is 4. The van der Waals surface area contributed by atoms with Crippen molar-refractivity contribution >= 4 is 189 Å². The summed E-state index contributed by atoms with van der Waals surface area (Å²) < 4.78 is 63.6. The van der Waals surface area contributed by atoms with E-state index in [0.29, 0.717) is 133 Å². The second-order valence-corrected chi connectivity index (χ2v) is 89.8. The van der Waals surface area contributed by atoms with Crippen LogP contribution in [0.2, 0.25) is 145 Å². The summed E-state index contributed by atoms with van der Waals surface area (Å²) in [6.45, 7) is 129. The fraction of sp³-hybridized carbons (Fsp3) is 0.556. The number of sulfonamides is 2. The van der Waals surface area contributed by atoms with Crippen LogP contribution in [0.25, 0.3) is 0 Å². The molecule has 0 amide bonds. The van der Waals surface area contributed by atoms with Gasteiger partial charge in [-0.3, -0.25) is 101 Å². The van der Waals surface area contributed by atoms with Gasteiger partial charge in [0.15, 0.2) is 23.1 Å². The number of hydrogen-bond acceptors (Lipinski definition) is 21. The Labute approximate surface area is 931 Å². The van der Waals surface area contributed by atoms with Crippen LogP contribution >= 0.6 is 0 Å². The third-order valence-corrected chi connectivity index (χ3v) is 68.4. The molecule has 1 saturated carbocycles. The fourth-order valence-corrected chi connectivity index (χ4v) is 63.7. The predicted molar refractivity (Wildman–Crippen MR) is 610 cm³/mol. The minimum Gasteiger partial charge on any atom is -0.545 e. The number of carbonyl (C=O) groups excluding carboxylic acids is 16. The molecule has 0 radical (unpaired) electrons. The van der Waals surface area contributed by atoms with Crippen molar-refractivity contribution in [1.29, 1.82) is 0 Å². The number of allylic oxidation sites excluding steroid dienone is 10. The van der Waals surface area contributed by atoms with Gasteiger partial charge in [-0.15, -0.1) is 0 Å². The summed E-state index contributed by atoms with van der Waals surface area (Å²) in [5, 5.41) is 9.08. The van der Waals surface area contributed by atoms with Crippen LogP contribution in [-0.4, -0.2) is 234 Å². The molecule has 4 fully saturated rings. The van der Waals surface area contributed by atoms with Crippen molar-refractivity contribution in [3.63, 3.8) is 0 Å². The van der Waals surface area contributed by atoms with E-state index >= 15 is 4.79 Å². The Morgan fingerprint density at radius 1 is 0.241 bits per heavy atom. The Morgan fingerprint density at radius 3 is 0.531 bits per heavy atom. The molecule has 23 nitrogen and oxygen atoms in total. The second-order valence-electron chi connectivity index (χ2n) is 42.6. The van der Waals surface area contributed by atoms with Crippen LogP contribution in [0.3, 0.4) is 0 Å². The van der Waals surface area contributed by atoms with Gasteiger partial charge in [-0.25, -0.2) is 16.8 Å². The summed E-state index contributed by atoms with van der Waals surface area (Å²) in [5.41, 5.74) is 17.4. The van der Waals surface area contributed by atoms with Crippen molar-refractivity contribution in [3.05, 3.63) is 176 Å². The van der Waals surface area contributed by atoms with E-state index in [2.05, 4.69) is 326 Å². The van der Waals surface area contributed by atoms with Crippen LogP contribution in [0, 0.1) is 43.6 Å². The summed E-state index contributed by atoms with van der Waals surface area (Å²) in [7, 11) is -22.8. The summed E-state index contributed by atoms with van der Waals surface area (Å²) in [5.74, 6) is 1.44. The first-order chi connectivity index (χ1) is 63.6. The summed E-state index contributed by atoms with van der Waals surface area (Å²) in [6.07, 6.45) is 4.88. The van der Waals surface area contributed by atoms with Crippen LogP contribution in [0.4, 0.5) is 0 Å². The molecule has 2 aromatic carbocycles. The summed E-state index contributed by atoms with van der Waals surface area (Å²) >= 11 is 0. The Bertz CT molecular complexity index is 4490. The van der Waals surface area contributed by atoms with Gasteiger partial charge in [0.2, 0.25) is 20.0 Å². The number of rotatable bonds is 24. The zero-order valence-electron chi connectivity index (χ0n) is 95.2. The van der Waals surface area contributed by atoms with Gasteiger partial charge in [0.1, 0.15) is 0 Å². The quantitative estimate of drug-likeness (QED) is 0.0535. The van der Waals surface area contributed by atoms with Gasteiger partial charge in [0.05, 0.1) is 87.6 Å². The SMILES string of the molecule is CC(C)[Si](C1=C2COCC2=C([Si](C(C)C)(C(C)C)C(C)C)C1=O)(C(C)C)C(C)C.C[Si](C)(C)C1=C2CCCCC2=C([Si](C)(C)C)C1=O.Cc1ccc(S(=O)(=O)N2CC3=C([Si](C(C)C)(C(C)C)C(C)C)C(=O)C([Si](C(C)C)(C(C)C)C(C)C)=C3C2)cc1.Cc1ccc(S(=O)(=O)N2CC3=C([Si](C)(C)C)C(=O)C([Si](C)(C)C)=C3C2)cc1.[CH-]=O.[CH-]=O.[CH-]=O.[CH-]=O.[CH-]=O.[CH-]=O.[CH-]=O.[CH-]=O.[CH-]=O.[CH-]=O.[CH-]=O.[CH-]=O.[CH3-].[CH3-].[CH3-].[CH3-].[Fe+4].[Fe+4].[Fe+4].[Fe+4]. The molecule has 37 heteroatoms. The molecule has 3 aliphatic heterocycles. The monoisotopic (exact) mass is 2350 g/mol. The third kappa shape index (κ3) is 36.2. The topological polar surface area (TPSA) is 357 Å². The van der Waals surface area contributed by atoms with Gasteiger partial charge in [-0.2, -0.15) is 8.61 Å². The number of Topliss-reactive ketones (excluding diaryl/α,β-unsaturated/α-hetero) is 4. The minimum absolute atomic E-state index is 0. The van der Waals surface area contributed by atoms with Crippen molar-refractivity contribution in [1.82, 2.24) is 8.61 Å². The number of hydrogen-bond donors (Lipinski definition) is 0. The van der Waals surface area contributed by atoms with Gasteiger partial charge in [0, 0.05) is 26.2 Å². The zero-order chi connectivity index (χ0) is 110. The second kappa shape index (κ2) is 74.6. The average molecular weight is 2350 g/mol. The maximum absolute atomic E-state index is 15.1. The fourth-order valence-electron chi connectivity index (χ4n) is 24.6. The number of carbonyl (C=O) groups is 4. The Hall–Kier alpha value is -5.33. The molecule has 3 saturated heterocycles. The molecule has 0 N–H and O–H groups in total. The van der Waals surface area contributed by atoms with Crippen LogP contribution in [0.5, 0.6) is 0 Å². The molecule has 0 spiro atoms. The van der Waals surface area contributed by atoms with Crippen molar-refractivity contribution in [2.24, 2.45) is 0 Å². The summed E-state index contributed by atoms with van der Waals surface area (Å²) in [6, 6.07) is 14.2. The summed E-state index contributed by atoms with van der Waals surface area (Å²) in [4.78, 5) is 149.